The number of carbonyl (C=O) groups is 2. The van der Waals surface area contributed by atoms with Crippen molar-refractivity contribution in [2.24, 2.45) is 0 Å². The van der Waals surface area contributed by atoms with Crippen LogP contribution in [0, 0.1) is 0 Å². The van der Waals surface area contributed by atoms with Crippen molar-refractivity contribution < 1.29 is 14.3 Å². The van der Waals surface area contributed by atoms with Crippen molar-refractivity contribution >= 4 is 11.8 Å². The van der Waals surface area contributed by atoms with Crippen LogP contribution in [-0.4, -0.2) is 53.9 Å². The van der Waals surface area contributed by atoms with Gasteiger partial charge in [0.25, 0.3) is 11.8 Å². The fourth-order valence-electron chi connectivity index (χ4n) is 4.01. The lowest BCUT2D eigenvalue weighted by molar-refractivity contribution is 0.0690. The number of likely N-dealkylation sites (tertiary alicyclic amines) is 2. The van der Waals surface area contributed by atoms with Crippen LogP contribution in [0.3, 0.4) is 0 Å². The molecule has 0 spiro atoms. The summed E-state index contributed by atoms with van der Waals surface area (Å²) in [6, 6.07) is 16.8. The van der Waals surface area contributed by atoms with Gasteiger partial charge in [0.15, 0.2) is 0 Å². The lowest BCUT2D eigenvalue weighted by Gasteiger charge is -2.25. The molecule has 4 rings (SSSR count). The standard InChI is InChI=1S/C23H26N2O3/c26-22(24-14-4-5-15-24)19-10-12-21(13-11-19)28-17-20-9-6-16-25(20)23(27)18-7-2-1-3-8-18/h1-3,7-8,10-13,20H,4-6,9,14-17H2/t20-/m1/s1. The summed E-state index contributed by atoms with van der Waals surface area (Å²) in [6.45, 7) is 2.94. The molecule has 0 saturated carbocycles. The number of amides is 2. The maximum atomic E-state index is 12.7. The van der Waals surface area contributed by atoms with E-state index in [2.05, 4.69) is 0 Å². The molecule has 2 aromatic carbocycles. The van der Waals surface area contributed by atoms with Gasteiger partial charge in [-0.2, -0.15) is 0 Å². The summed E-state index contributed by atoms with van der Waals surface area (Å²) in [6.07, 6.45) is 4.12. The summed E-state index contributed by atoms with van der Waals surface area (Å²) in [5.41, 5.74) is 1.43. The maximum Gasteiger partial charge on any atom is 0.254 e. The number of hydrogen-bond acceptors (Lipinski definition) is 3. The molecule has 5 nitrogen and oxygen atoms in total. The van der Waals surface area contributed by atoms with E-state index in [-0.39, 0.29) is 17.9 Å². The highest BCUT2D eigenvalue weighted by Gasteiger charge is 2.30. The molecule has 5 heteroatoms. The van der Waals surface area contributed by atoms with Crippen LogP contribution in [0.1, 0.15) is 46.4 Å². The van der Waals surface area contributed by atoms with Crippen LogP contribution >= 0.6 is 0 Å². The molecule has 2 heterocycles. The van der Waals surface area contributed by atoms with Crippen LogP contribution in [0.4, 0.5) is 0 Å². The minimum Gasteiger partial charge on any atom is -0.491 e. The molecule has 2 aliphatic rings. The molecule has 28 heavy (non-hydrogen) atoms. The van der Waals surface area contributed by atoms with Crippen molar-refractivity contribution in [2.75, 3.05) is 26.2 Å². The summed E-state index contributed by atoms with van der Waals surface area (Å²) < 4.78 is 5.95. The predicted octanol–water partition coefficient (Wildman–Crippen LogP) is 3.61. The van der Waals surface area contributed by atoms with E-state index < -0.39 is 0 Å². The molecule has 1 atom stereocenters. The van der Waals surface area contributed by atoms with E-state index in [1.807, 2.05) is 64.4 Å². The van der Waals surface area contributed by atoms with Crippen molar-refractivity contribution in [3.05, 3.63) is 65.7 Å². The number of rotatable bonds is 5. The van der Waals surface area contributed by atoms with Crippen LogP contribution in [0.25, 0.3) is 0 Å². The summed E-state index contributed by atoms with van der Waals surface area (Å²) in [5, 5.41) is 0. The van der Waals surface area contributed by atoms with Gasteiger partial charge in [-0.15, -0.1) is 0 Å². The Kier molecular flexibility index (Phi) is 5.60. The van der Waals surface area contributed by atoms with Gasteiger partial charge in [-0.05, 0) is 62.1 Å². The zero-order valence-electron chi connectivity index (χ0n) is 16.0. The third-order valence-corrected chi connectivity index (χ3v) is 5.60. The van der Waals surface area contributed by atoms with Gasteiger partial charge in [-0.3, -0.25) is 9.59 Å². The second-order valence-electron chi connectivity index (χ2n) is 7.50. The number of carbonyl (C=O) groups excluding carboxylic acids is 2. The molecule has 2 aliphatic heterocycles. The predicted molar refractivity (Wildman–Crippen MR) is 108 cm³/mol. The molecule has 0 aliphatic carbocycles. The van der Waals surface area contributed by atoms with Crippen molar-refractivity contribution in [1.29, 1.82) is 0 Å². The second-order valence-corrected chi connectivity index (χ2v) is 7.50. The molecule has 146 valence electrons. The molecular weight excluding hydrogens is 352 g/mol. The van der Waals surface area contributed by atoms with E-state index in [0.29, 0.717) is 12.2 Å². The third-order valence-electron chi connectivity index (χ3n) is 5.60. The smallest absolute Gasteiger partial charge is 0.254 e. The number of benzene rings is 2. The van der Waals surface area contributed by atoms with Crippen molar-refractivity contribution in [3.63, 3.8) is 0 Å². The Morgan fingerprint density at radius 3 is 2.21 bits per heavy atom. The van der Waals surface area contributed by atoms with E-state index in [1.165, 1.54) is 0 Å². The monoisotopic (exact) mass is 378 g/mol. The van der Waals surface area contributed by atoms with Gasteiger partial charge in [0.1, 0.15) is 12.4 Å². The van der Waals surface area contributed by atoms with Crippen LogP contribution in [0.15, 0.2) is 54.6 Å². The van der Waals surface area contributed by atoms with Gasteiger partial charge in [-0.25, -0.2) is 0 Å². The zero-order valence-corrected chi connectivity index (χ0v) is 16.0. The Morgan fingerprint density at radius 2 is 1.50 bits per heavy atom. The molecule has 0 N–H and O–H groups in total. The Balaban J connectivity index is 1.34. The van der Waals surface area contributed by atoms with Gasteiger partial charge in [-0.1, -0.05) is 18.2 Å². The highest BCUT2D eigenvalue weighted by atomic mass is 16.5. The number of nitrogens with zero attached hydrogens (tertiary/aromatic N) is 2. The van der Waals surface area contributed by atoms with Crippen molar-refractivity contribution in [3.8, 4) is 5.75 Å². The first-order chi connectivity index (χ1) is 13.7. The Hall–Kier alpha value is -2.82. The fourth-order valence-corrected chi connectivity index (χ4v) is 4.01. The van der Waals surface area contributed by atoms with Crippen molar-refractivity contribution in [2.45, 2.75) is 31.7 Å². The van der Waals surface area contributed by atoms with E-state index >= 15 is 0 Å². The summed E-state index contributed by atoms with van der Waals surface area (Å²) in [5.74, 6) is 0.898. The van der Waals surface area contributed by atoms with Crippen LogP contribution in [0.2, 0.25) is 0 Å². The molecule has 2 saturated heterocycles. The first-order valence-electron chi connectivity index (χ1n) is 10.1. The summed E-state index contributed by atoms with van der Waals surface area (Å²) in [4.78, 5) is 29.0. The SMILES string of the molecule is O=C(c1ccc(OC[C@H]2CCCN2C(=O)c2ccccc2)cc1)N1CCCC1. The fraction of sp³-hybridized carbons (Fsp3) is 0.391. The lowest BCUT2D eigenvalue weighted by atomic mass is 10.1. The van der Waals surface area contributed by atoms with E-state index in [1.54, 1.807) is 0 Å². The van der Waals surface area contributed by atoms with Crippen LogP contribution in [-0.2, 0) is 0 Å². The van der Waals surface area contributed by atoms with Crippen LogP contribution < -0.4 is 4.74 Å². The Bertz CT molecular complexity index is 814. The van der Waals surface area contributed by atoms with Crippen LogP contribution in [0.5, 0.6) is 5.75 Å². The maximum absolute atomic E-state index is 12.7. The van der Waals surface area contributed by atoms with Gasteiger partial charge < -0.3 is 14.5 Å². The van der Waals surface area contributed by atoms with Gasteiger partial charge in [0, 0.05) is 30.8 Å². The Labute approximate surface area is 165 Å². The lowest BCUT2D eigenvalue weighted by Crippen LogP contribution is -2.39. The quantitative estimate of drug-likeness (QED) is 0.799. The first-order valence-corrected chi connectivity index (χ1v) is 10.1. The Morgan fingerprint density at radius 1 is 0.821 bits per heavy atom. The molecule has 2 fully saturated rings. The molecule has 2 aromatic rings. The minimum atomic E-state index is 0.0678. The first kappa shape index (κ1) is 18.5. The normalized spacial score (nSPS) is 19.1. The van der Waals surface area contributed by atoms with Gasteiger partial charge >= 0.3 is 0 Å². The van der Waals surface area contributed by atoms with Gasteiger partial charge in [0.05, 0.1) is 6.04 Å². The number of ether oxygens (including phenoxy) is 1. The topological polar surface area (TPSA) is 49.9 Å². The van der Waals surface area contributed by atoms with E-state index in [0.717, 1.165) is 56.6 Å². The summed E-state index contributed by atoms with van der Waals surface area (Å²) in [7, 11) is 0. The second kappa shape index (κ2) is 8.46. The number of hydrogen-bond donors (Lipinski definition) is 0. The van der Waals surface area contributed by atoms with Gasteiger partial charge in [0.2, 0.25) is 0 Å². The highest BCUT2D eigenvalue weighted by Crippen LogP contribution is 2.22. The zero-order chi connectivity index (χ0) is 19.3. The molecule has 0 radical (unpaired) electrons. The average molecular weight is 378 g/mol. The molecular formula is C23H26N2O3. The molecule has 0 aromatic heterocycles. The largest absolute Gasteiger partial charge is 0.491 e. The minimum absolute atomic E-state index is 0.0678. The average Bonchev–Trinajstić information content (AvgIpc) is 3.44. The highest BCUT2D eigenvalue weighted by molar-refractivity contribution is 5.95. The molecule has 0 unspecified atom stereocenters. The third kappa shape index (κ3) is 4.03. The molecule has 2 amide bonds. The van der Waals surface area contributed by atoms with E-state index in [9.17, 15) is 9.59 Å². The molecule has 0 bridgehead atoms. The van der Waals surface area contributed by atoms with Crippen molar-refractivity contribution in [1.82, 2.24) is 9.80 Å². The summed E-state index contributed by atoms with van der Waals surface area (Å²) >= 11 is 0. The van der Waals surface area contributed by atoms with E-state index in [4.69, 9.17) is 4.74 Å².